The number of aromatic amines is 1. The van der Waals surface area contributed by atoms with Gasteiger partial charge in [-0.3, -0.25) is 9.69 Å². The first kappa shape index (κ1) is 21.0. The van der Waals surface area contributed by atoms with Crippen LogP contribution in [-0.2, 0) is 9.53 Å². The van der Waals surface area contributed by atoms with Crippen LogP contribution in [0.1, 0.15) is 37.4 Å². The second-order valence-electron chi connectivity index (χ2n) is 8.80. The van der Waals surface area contributed by atoms with Gasteiger partial charge in [-0.25, -0.2) is 0 Å². The highest BCUT2D eigenvalue weighted by molar-refractivity contribution is 5.91. The number of para-hydroxylation sites is 1. The van der Waals surface area contributed by atoms with E-state index in [2.05, 4.69) is 62.6 Å². The van der Waals surface area contributed by atoms with Crippen molar-refractivity contribution >= 4 is 28.2 Å². The molecule has 0 radical (unpaired) electrons. The van der Waals surface area contributed by atoms with Crippen LogP contribution in [0.3, 0.4) is 0 Å². The largest absolute Gasteiger partial charge is 0.378 e. The molecule has 6 heteroatoms. The Morgan fingerprint density at radius 1 is 1.03 bits per heavy atom. The molecule has 0 aliphatic carbocycles. The third kappa shape index (κ3) is 4.81. The van der Waals surface area contributed by atoms with Gasteiger partial charge in [0, 0.05) is 54.7 Å². The summed E-state index contributed by atoms with van der Waals surface area (Å²) < 4.78 is 5.42. The van der Waals surface area contributed by atoms with Crippen LogP contribution < -0.4 is 10.2 Å². The number of nitrogens with one attached hydrogen (secondary N) is 2. The number of hydrogen-bond acceptors (Lipinski definition) is 4. The molecule has 2 fully saturated rings. The fourth-order valence-corrected chi connectivity index (χ4v) is 4.93. The van der Waals surface area contributed by atoms with Crippen molar-refractivity contribution in [1.29, 1.82) is 0 Å². The summed E-state index contributed by atoms with van der Waals surface area (Å²) in [6.07, 6.45) is 4.07. The fraction of sp³-hybridized carbons (Fsp3) is 0.423. The molecule has 0 bridgehead atoms. The Balaban J connectivity index is 1.17. The van der Waals surface area contributed by atoms with Gasteiger partial charge in [-0.2, -0.15) is 0 Å². The predicted molar refractivity (Wildman–Crippen MR) is 129 cm³/mol. The first-order chi connectivity index (χ1) is 15.8. The summed E-state index contributed by atoms with van der Waals surface area (Å²) in [5.74, 6) is 0.0742. The van der Waals surface area contributed by atoms with E-state index in [1.54, 1.807) is 0 Å². The van der Waals surface area contributed by atoms with Gasteiger partial charge in [-0.15, -0.1) is 0 Å². The molecular formula is C26H32N4O2. The van der Waals surface area contributed by atoms with Crippen LogP contribution in [0.4, 0.5) is 11.4 Å². The van der Waals surface area contributed by atoms with Crippen molar-refractivity contribution in [1.82, 2.24) is 9.88 Å². The van der Waals surface area contributed by atoms with Crippen molar-refractivity contribution in [3.8, 4) is 0 Å². The zero-order valence-electron chi connectivity index (χ0n) is 18.6. The number of likely N-dealkylation sites (tertiary alicyclic amines) is 1. The van der Waals surface area contributed by atoms with Gasteiger partial charge in [0.1, 0.15) is 0 Å². The molecule has 2 N–H and O–H groups in total. The molecule has 1 atom stereocenters. The summed E-state index contributed by atoms with van der Waals surface area (Å²) >= 11 is 0. The van der Waals surface area contributed by atoms with Crippen LogP contribution >= 0.6 is 0 Å². The molecule has 1 aromatic heterocycles. The minimum Gasteiger partial charge on any atom is -0.378 e. The lowest BCUT2D eigenvalue weighted by molar-refractivity contribution is -0.116. The van der Waals surface area contributed by atoms with Gasteiger partial charge in [-0.1, -0.05) is 24.6 Å². The lowest BCUT2D eigenvalue weighted by Gasteiger charge is -2.35. The summed E-state index contributed by atoms with van der Waals surface area (Å²) in [7, 11) is 0. The van der Waals surface area contributed by atoms with Gasteiger partial charge in [0.05, 0.1) is 13.2 Å². The average molecular weight is 433 g/mol. The van der Waals surface area contributed by atoms with E-state index in [4.69, 9.17) is 4.74 Å². The highest BCUT2D eigenvalue weighted by Crippen LogP contribution is 2.32. The molecule has 1 unspecified atom stereocenters. The molecule has 168 valence electrons. The Labute approximate surface area is 189 Å². The second kappa shape index (κ2) is 9.76. The molecule has 32 heavy (non-hydrogen) atoms. The minimum atomic E-state index is 0.0742. The molecule has 2 aromatic carbocycles. The molecule has 1 amide bonds. The van der Waals surface area contributed by atoms with E-state index in [0.717, 1.165) is 51.5 Å². The van der Waals surface area contributed by atoms with Gasteiger partial charge in [0.2, 0.25) is 5.91 Å². The third-order valence-corrected chi connectivity index (χ3v) is 6.68. The lowest BCUT2D eigenvalue weighted by atomic mass is 9.99. The highest BCUT2D eigenvalue weighted by Gasteiger charge is 2.25. The lowest BCUT2D eigenvalue weighted by Crippen LogP contribution is -2.36. The van der Waals surface area contributed by atoms with Crippen LogP contribution in [0.15, 0.2) is 54.6 Å². The average Bonchev–Trinajstić information content (AvgIpc) is 3.28. The number of ether oxygens (including phenoxy) is 1. The Bertz CT molecular complexity index is 1010. The van der Waals surface area contributed by atoms with Gasteiger partial charge in [0.25, 0.3) is 0 Å². The maximum Gasteiger partial charge on any atom is 0.225 e. The number of amides is 1. The van der Waals surface area contributed by atoms with Crippen LogP contribution in [0.5, 0.6) is 0 Å². The molecule has 5 rings (SSSR count). The van der Waals surface area contributed by atoms with E-state index in [1.807, 2.05) is 12.1 Å². The number of piperidine rings is 1. The second-order valence-corrected chi connectivity index (χ2v) is 8.80. The molecule has 3 aromatic rings. The zero-order valence-corrected chi connectivity index (χ0v) is 18.6. The number of hydrogen-bond donors (Lipinski definition) is 2. The normalized spacial score (nSPS) is 19.9. The Morgan fingerprint density at radius 2 is 1.84 bits per heavy atom. The minimum absolute atomic E-state index is 0.0742. The van der Waals surface area contributed by atoms with Crippen molar-refractivity contribution in [3.63, 3.8) is 0 Å². The maximum absolute atomic E-state index is 12.7. The van der Waals surface area contributed by atoms with Crippen molar-refractivity contribution in [2.45, 2.75) is 31.7 Å². The Morgan fingerprint density at radius 3 is 2.66 bits per heavy atom. The van der Waals surface area contributed by atoms with Crippen LogP contribution in [0.25, 0.3) is 10.9 Å². The summed E-state index contributed by atoms with van der Waals surface area (Å²) in [6, 6.07) is 19.2. The molecule has 0 saturated carbocycles. The number of nitrogens with zero attached hydrogens (tertiary/aromatic N) is 2. The number of carbonyl (C=O) groups is 1. The van der Waals surface area contributed by atoms with Crippen molar-refractivity contribution < 1.29 is 9.53 Å². The fourth-order valence-electron chi connectivity index (χ4n) is 4.93. The Hall–Kier alpha value is -2.83. The molecule has 2 aliphatic rings. The number of anilines is 2. The molecule has 0 spiro atoms. The summed E-state index contributed by atoms with van der Waals surface area (Å²) in [5.41, 5.74) is 4.50. The van der Waals surface area contributed by atoms with Gasteiger partial charge in [-0.05, 0) is 61.2 Å². The van der Waals surface area contributed by atoms with Crippen LogP contribution in [-0.4, -0.2) is 55.2 Å². The van der Waals surface area contributed by atoms with Crippen molar-refractivity contribution in [2.24, 2.45) is 0 Å². The van der Waals surface area contributed by atoms with E-state index in [1.165, 1.54) is 35.1 Å². The predicted octanol–water partition coefficient (Wildman–Crippen LogP) is 4.56. The summed E-state index contributed by atoms with van der Waals surface area (Å²) in [4.78, 5) is 21.0. The Kier molecular flexibility index (Phi) is 6.41. The number of H-pyrrole nitrogens is 1. The smallest absolute Gasteiger partial charge is 0.225 e. The van der Waals surface area contributed by atoms with E-state index < -0.39 is 0 Å². The molecule has 2 aliphatic heterocycles. The van der Waals surface area contributed by atoms with Gasteiger partial charge in [0.15, 0.2) is 0 Å². The quantitative estimate of drug-likeness (QED) is 0.600. The van der Waals surface area contributed by atoms with Crippen molar-refractivity contribution in [2.75, 3.05) is 49.6 Å². The zero-order chi connectivity index (χ0) is 21.8. The van der Waals surface area contributed by atoms with E-state index >= 15 is 0 Å². The standard InChI is InChI=1S/C26H32N4O2/c31-26(27-21-8-10-22(11-9-21)29-15-17-32-18-16-29)12-14-30-13-4-3-7-25(30)24-19-20-5-1-2-6-23(20)28-24/h1-2,5-6,8-11,19,25,28H,3-4,7,12-18H2,(H,27,31). The summed E-state index contributed by atoms with van der Waals surface area (Å²) in [6.45, 7) is 5.19. The van der Waals surface area contributed by atoms with E-state index in [-0.39, 0.29) is 5.91 Å². The SMILES string of the molecule is O=C(CCN1CCCCC1c1cc2ccccc2[nH]1)Nc1ccc(N2CCOCC2)cc1. The van der Waals surface area contributed by atoms with Crippen LogP contribution in [0, 0.1) is 0 Å². The van der Waals surface area contributed by atoms with Crippen molar-refractivity contribution in [3.05, 3.63) is 60.3 Å². The molecule has 2 saturated heterocycles. The van der Waals surface area contributed by atoms with E-state index in [0.29, 0.717) is 12.5 Å². The van der Waals surface area contributed by atoms with Gasteiger partial charge >= 0.3 is 0 Å². The van der Waals surface area contributed by atoms with Gasteiger partial charge < -0.3 is 19.9 Å². The number of fused-ring (bicyclic) bond motifs is 1. The number of benzene rings is 2. The van der Waals surface area contributed by atoms with E-state index in [9.17, 15) is 4.79 Å². The topological polar surface area (TPSA) is 60.6 Å². The molecule has 3 heterocycles. The third-order valence-electron chi connectivity index (χ3n) is 6.68. The van der Waals surface area contributed by atoms with Crippen LogP contribution in [0.2, 0.25) is 0 Å². The first-order valence-corrected chi connectivity index (χ1v) is 11.8. The summed E-state index contributed by atoms with van der Waals surface area (Å²) in [5, 5.41) is 4.33. The maximum atomic E-state index is 12.7. The molecule has 6 nitrogen and oxygen atoms in total. The number of morpholine rings is 1. The monoisotopic (exact) mass is 432 g/mol. The number of rotatable bonds is 6. The number of carbonyl (C=O) groups excluding carboxylic acids is 1. The molecular weight excluding hydrogens is 400 g/mol. The number of aromatic nitrogens is 1. The first-order valence-electron chi connectivity index (χ1n) is 11.8. The highest BCUT2D eigenvalue weighted by atomic mass is 16.5.